The van der Waals surface area contributed by atoms with Crippen LogP contribution in [0.15, 0.2) is 48.7 Å². The largest absolute Gasteiger partial charge is 0.493 e. The van der Waals surface area contributed by atoms with Crippen molar-refractivity contribution < 1.29 is 27.5 Å². The maximum Gasteiger partial charge on any atom is 0.416 e. The van der Waals surface area contributed by atoms with E-state index in [1.165, 1.54) is 25.4 Å². The van der Waals surface area contributed by atoms with E-state index in [2.05, 4.69) is 15.7 Å². The first kappa shape index (κ1) is 23.8. The van der Waals surface area contributed by atoms with Crippen LogP contribution in [0.3, 0.4) is 0 Å². The van der Waals surface area contributed by atoms with E-state index in [0.29, 0.717) is 11.4 Å². The molecule has 7 nitrogen and oxygen atoms in total. The van der Waals surface area contributed by atoms with Crippen molar-refractivity contribution in [2.75, 3.05) is 17.7 Å². The van der Waals surface area contributed by atoms with Crippen molar-refractivity contribution in [3.8, 4) is 11.4 Å². The third kappa shape index (κ3) is 5.51. The Morgan fingerprint density at radius 2 is 1.82 bits per heavy atom. The van der Waals surface area contributed by atoms with Crippen molar-refractivity contribution in [1.82, 2.24) is 9.78 Å². The summed E-state index contributed by atoms with van der Waals surface area (Å²) in [5, 5.41) is 9.62. The lowest BCUT2D eigenvalue weighted by atomic mass is 10.1. The van der Waals surface area contributed by atoms with Crippen molar-refractivity contribution in [3.63, 3.8) is 0 Å². The molecular formula is C23H23F3N4O3. The third-order valence-corrected chi connectivity index (χ3v) is 4.83. The molecule has 0 radical (unpaired) electrons. The van der Waals surface area contributed by atoms with Crippen LogP contribution in [-0.4, -0.2) is 28.7 Å². The fourth-order valence-corrected chi connectivity index (χ4v) is 2.92. The minimum atomic E-state index is -4.51. The summed E-state index contributed by atoms with van der Waals surface area (Å²) in [6.45, 7) is 5.31. The Labute approximate surface area is 188 Å². The molecule has 2 aromatic carbocycles. The second-order valence-electron chi connectivity index (χ2n) is 7.67. The van der Waals surface area contributed by atoms with Crippen LogP contribution in [0.1, 0.15) is 35.5 Å². The van der Waals surface area contributed by atoms with Crippen LogP contribution in [-0.2, 0) is 11.0 Å². The van der Waals surface area contributed by atoms with Gasteiger partial charge in [-0.3, -0.25) is 9.59 Å². The number of halogens is 3. The highest BCUT2D eigenvalue weighted by Crippen LogP contribution is 2.31. The number of aryl methyl sites for hydroxylation is 1. The first-order valence-corrected chi connectivity index (χ1v) is 10.0. The van der Waals surface area contributed by atoms with Crippen LogP contribution < -0.4 is 15.4 Å². The Bertz CT molecular complexity index is 1190. The van der Waals surface area contributed by atoms with Gasteiger partial charge in [0.15, 0.2) is 11.4 Å². The predicted octanol–water partition coefficient (Wildman–Crippen LogP) is 5.05. The first-order valence-electron chi connectivity index (χ1n) is 10.0. The van der Waals surface area contributed by atoms with E-state index in [-0.39, 0.29) is 29.0 Å². The van der Waals surface area contributed by atoms with E-state index in [1.54, 1.807) is 39.0 Å². The Morgan fingerprint density at radius 3 is 2.45 bits per heavy atom. The lowest BCUT2D eigenvalue weighted by Gasteiger charge is -2.12. The fourth-order valence-electron chi connectivity index (χ4n) is 2.92. The standard InChI is InChI=1S/C23H23F3N4O3/c1-13(2)21(31)27-16-9-8-14(3)18(11-16)28-22(32)20-19(33-4)12-30(29-20)17-7-5-6-15(10-17)23(24,25)26/h5-13H,1-4H3,(H,27,31)(H,28,32). The van der Waals surface area contributed by atoms with Gasteiger partial charge in [-0.05, 0) is 42.8 Å². The molecule has 3 rings (SSSR count). The van der Waals surface area contributed by atoms with Gasteiger partial charge in [0.1, 0.15) is 0 Å². The molecule has 2 N–H and O–H groups in total. The van der Waals surface area contributed by atoms with Gasteiger partial charge in [0.2, 0.25) is 5.91 Å². The molecule has 0 aliphatic rings. The number of benzene rings is 2. The normalized spacial score (nSPS) is 11.4. The number of nitrogens with zero attached hydrogens (tertiary/aromatic N) is 2. The van der Waals surface area contributed by atoms with E-state index >= 15 is 0 Å². The molecule has 0 saturated heterocycles. The smallest absolute Gasteiger partial charge is 0.416 e. The van der Waals surface area contributed by atoms with Crippen LogP contribution in [0.5, 0.6) is 5.75 Å². The Morgan fingerprint density at radius 1 is 1.09 bits per heavy atom. The zero-order valence-corrected chi connectivity index (χ0v) is 18.4. The number of ether oxygens (including phenoxy) is 1. The topological polar surface area (TPSA) is 85.2 Å². The molecule has 0 bridgehead atoms. The number of alkyl halides is 3. The second-order valence-corrected chi connectivity index (χ2v) is 7.67. The number of carbonyl (C=O) groups is 2. The van der Waals surface area contributed by atoms with Gasteiger partial charge in [-0.25, -0.2) is 4.68 Å². The minimum Gasteiger partial charge on any atom is -0.493 e. The zero-order valence-electron chi connectivity index (χ0n) is 18.4. The number of hydrogen-bond donors (Lipinski definition) is 2. The van der Waals surface area contributed by atoms with Gasteiger partial charge in [0.25, 0.3) is 5.91 Å². The number of rotatable bonds is 6. The molecule has 0 saturated carbocycles. The van der Waals surface area contributed by atoms with Gasteiger partial charge in [-0.1, -0.05) is 26.0 Å². The average Bonchev–Trinajstić information content (AvgIpc) is 3.20. The summed E-state index contributed by atoms with van der Waals surface area (Å²) >= 11 is 0. The van der Waals surface area contributed by atoms with Crippen LogP contribution in [0.25, 0.3) is 5.69 Å². The van der Waals surface area contributed by atoms with Gasteiger partial charge < -0.3 is 15.4 Å². The average molecular weight is 460 g/mol. The molecule has 0 unspecified atom stereocenters. The summed E-state index contributed by atoms with van der Waals surface area (Å²) < 4.78 is 45.5. The van der Waals surface area contributed by atoms with Gasteiger partial charge >= 0.3 is 6.18 Å². The molecule has 2 amide bonds. The van der Waals surface area contributed by atoms with Crippen molar-refractivity contribution >= 4 is 23.2 Å². The third-order valence-electron chi connectivity index (χ3n) is 4.83. The van der Waals surface area contributed by atoms with Crippen molar-refractivity contribution in [3.05, 3.63) is 65.5 Å². The predicted molar refractivity (Wildman–Crippen MR) is 118 cm³/mol. The molecule has 0 fully saturated rings. The fraction of sp³-hybridized carbons (Fsp3) is 0.261. The van der Waals surface area contributed by atoms with Crippen molar-refractivity contribution in [1.29, 1.82) is 0 Å². The zero-order chi connectivity index (χ0) is 24.3. The number of nitrogens with one attached hydrogen (secondary N) is 2. The summed E-state index contributed by atoms with van der Waals surface area (Å²) in [5.74, 6) is -0.911. The summed E-state index contributed by atoms with van der Waals surface area (Å²) in [6, 6.07) is 9.65. The lowest BCUT2D eigenvalue weighted by molar-refractivity contribution is -0.137. The highest BCUT2D eigenvalue weighted by molar-refractivity contribution is 6.05. The van der Waals surface area contributed by atoms with Gasteiger partial charge in [-0.2, -0.15) is 18.3 Å². The highest BCUT2D eigenvalue weighted by Gasteiger charge is 2.31. The molecule has 1 heterocycles. The summed E-state index contributed by atoms with van der Waals surface area (Å²) in [5.41, 5.74) is 0.870. The van der Waals surface area contributed by atoms with E-state index < -0.39 is 17.6 Å². The number of anilines is 2. The van der Waals surface area contributed by atoms with E-state index in [9.17, 15) is 22.8 Å². The summed E-state index contributed by atoms with van der Waals surface area (Å²) in [6.07, 6.45) is -3.18. The van der Waals surface area contributed by atoms with E-state index in [4.69, 9.17) is 4.74 Å². The second kappa shape index (κ2) is 9.35. The molecule has 33 heavy (non-hydrogen) atoms. The van der Waals surface area contributed by atoms with Crippen molar-refractivity contribution in [2.45, 2.75) is 26.9 Å². The maximum absolute atomic E-state index is 13.1. The molecule has 3 aromatic rings. The highest BCUT2D eigenvalue weighted by atomic mass is 19.4. The van der Waals surface area contributed by atoms with Crippen LogP contribution in [0, 0.1) is 12.8 Å². The SMILES string of the molecule is COc1cn(-c2cccc(C(F)(F)F)c2)nc1C(=O)Nc1cc(NC(=O)C(C)C)ccc1C. The Kier molecular flexibility index (Phi) is 6.75. The molecule has 0 atom stereocenters. The molecule has 1 aromatic heterocycles. The quantitative estimate of drug-likeness (QED) is 0.539. The number of carbonyl (C=O) groups excluding carboxylic acids is 2. The van der Waals surface area contributed by atoms with Crippen molar-refractivity contribution in [2.24, 2.45) is 5.92 Å². The Balaban J connectivity index is 1.89. The van der Waals surface area contributed by atoms with Gasteiger partial charge in [-0.15, -0.1) is 0 Å². The van der Waals surface area contributed by atoms with E-state index in [1.807, 2.05) is 0 Å². The molecule has 174 valence electrons. The lowest BCUT2D eigenvalue weighted by Crippen LogP contribution is -2.18. The molecule has 0 aliphatic carbocycles. The molecule has 10 heteroatoms. The van der Waals surface area contributed by atoms with E-state index in [0.717, 1.165) is 22.4 Å². The van der Waals surface area contributed by atoms with Crippen LogP contribution in [0.2, 0.25) is 0 Å². The van der Waals surface area contributed by atoms with Gasteiger partial charge in [0.05, 0.1) is 24.6 Å². The maximum atomic E-state index is 13.1. The van der Waals surface area contributed by atoms with Crippen LogP contribution >= 0.6 is 0 Å². The number of hydrogen-bond acceptors (Lipinski definition) is 4. The number of amides is 2. The Hall–Kier alpha value is -3.82. The van der Waals surface area contributed by atoms with Gasteiger partial charge in [0, 0.05) is 17.3 Å². The summed E-state index contributed by atoms with van der Waals surface area (Å²) in [7, 11) is 1.33. The minimum absolute atomic E-state index is 0.0897. The number of methoxy groups -OCH3 is 1. The monoisotopic (exact) mass is 460 g/mol. The van der Waals surface area contributed by atoms with Crippen LogP contribution in [0.4, 0.5) is 24.5 Å². The first-order chi connectivity index (χ1) is 15.5. The molecule has 0 spiro atoms. The number of aromatic nitrogens is 2. The summed E-state index contributed by atoms with van der Waals surface area (Å²) in [4.78, 5) is 24.9. The molecular weight excluding hydrogens is 437 g/mol. The molecule has 0 aliphatic heterocycles.